The summed E-state index contributed by atoms with van der Waals surface area (Å²) in [5.74, 6) is 0.852. The number of hydrogen-bond donors (Lipinski definition) is 1. The van der Waals surface area contributed by atoms with Crippen LogP contribution in [0.2, 0.25) is 0 Å². The molecule has 1 unspecified atom stereocenters. The maximum atomic E-state index is 11.5. The molecule has 2 aromatic rings. The Morgan fingerprint density at radius 2 is 1.88 bits per heavy atom. The number of nitro groups is 1. The Morgan fingerprint density at radius 1 is 1.20 bits per heavy atom. The van der Waals surface area contributed by atoms with Crippen molar-refractivity contribution in [2.24, 2.45) is 0 Å². The molecule has 1 aromatic heterocycles. The number of aromatic nitrogens is 2. The average Bonchev–Trinajstić information content (AvgIpc) is 2.55. The van der Waals surface area contributed by atoms with E-state index >= 15 is 0 Å². The first-order chi connectivity index (χ1) is 11.9. The van der Waals surface area contributed by atoms with Crippen molar-refractivity contribution in [2.45, 2.75) is 32.7 Å². The second-order valence-corrected chi connectivity index (χ2v) is 5.96. The second kappa shape index (κ2) is 8.39. The predicted molar refractivity (Wildman–Crippen MR) is 94.3 cm³/mol. The van der Waals surface area contributed by atoms with Gasteiger partial charge in [0.25, 0.3) is 0 Å². The summed E-state index contributed by atoms with van der Waals surface area (Å²) in [6.07, 6.45) is 1.23. The fourth-order valence-corrected chi connectivity index (χ4v) is 2.26. The van der Waals surface area contributed by atoms with Gasteiger partial charge in [0, 0.05) is 13.2 Å². The molecule has 0 aliphatic rings. The van der Waals surface area contributed by atoms with Crippen molar-refractivity contribution in [1.82, 2.24) is 9.97 Å². The molecule has 0 radical (unpaired) electrons. The number of nitrogens with zero attached hydrogens (tertiary/aromatic N) is 3. The number of nitrogens with one attached hydrogen (secondary N) is 1. The van der Waals surface area contributed by atoms with Gasteiger partial charge >= 0.3 is 11.6 Å². The van der Waals surface area contributed by atoms with Gasteiger partial charge in [-0.25, -0.2) is 4.98 Å². The van der Waals surface area contributed by atoms with Gasteiger partial charge in [0.1, 0.15) is 12.1 Å². The van der Waals surface area contributed by atoms with Crippen molar-refractivity contribution >= 4 is 11.5 Å². The third kappa shape index (κ3) is 4.87. The largest absolute Gasteiger partial charge is 0.434 e. The van der Waals surface area contributed by atoms with E-state index in [1.807, 2.05) is 19.1 Å². The third-order valence-corrected chi connectivity index (χ3v) is 3.53. The Bertz CT molecular complexity index is 719. The topological polar surface area (TPSA) is 99.4 Å². The van der Waals surface area contributed by atoms with E-state index in [0.29, 0.717) is 18.3 Å². The number of ether oxygens (including phenoxy) is 2. The van der Waals surface area contributed by atoms with Crippen LogP contribution in [-0.4, -0.2) is 34.6 Å². The Labute approximate surface area is 146 Å². The van der Waals surface area contributed by atoms with E-state index in [1.54, 1.807) is 19.2 Å². The molecule has 0 aliphatic heterocycles. The van der Waals surface area contributed by atoms with Gasteiger partial charge in [0.15, 0.2) is 0 Å². The third-order valence-electron chi connectivity index (χ3n) is 3.53. The van der Waals surface area contributed by atoms with Gasteiger partial charge in [-0.05, 0) is 30.5 Å². The smallest absolute Gasteiger partial charge is 0.373 e. The number of anilines is 1. The van der Waals surface area contributed by atoms with Gasteiger partial charge in [0.2, 0.25) is 5.82 Å². The van der Waals surface area contributed by atoms with Crippen LogP contribution in [-0.2, 0) is 4.74 Å². The molecule has 8 nitrogen and oxygen atoms in total. The molecule has 8 heteroatoms. The zero-order valence-electron chi connectivity index (χ0n) is 14.7. The van der Waals surface area contributed by atoms with Crippen LogP contribution in [0, 0.1) is 10.1 Å². The molecule has 0 saturated carbocycles. The lowest BCUT2D eigenvalue weighted by Gasteiger charge is -2.14. The van der Waals surface area contributed by atoms with E-state index in [0.717, 1.165) is 5.56 Å². The maximum Gasteiger partial charge on any atom is 0.373 e. The Kier molecular flexibility index (Phi) is 6.24. The van der Waals surface area contributed by atoms with Crippen LogP contribution < -0.4 is 10.1 Å². The first-order valence-corrected chi connectivity index (χ1v) is 7.95. The summed E-state index contributed by atoms with van der Waals surface area (Å²) in [7, 11) is 1.56. The van der Waals surface area contributed by atoms with E-state index in [2.05, 4.69) is 29.1 Å². The highest BCUT2D eigenvalue weighted by molar-refractivity contribution is 5.62. The summed E-state index contributed by atoms with van der Waals surface area (Å²) in [5.41, 5.74) is 0.846. The second-order valence-electron chi connectivity index (χ2n) is 5.96. The highest BCUT2D eigenvalue weighted by atomic mass is 16.6. The molecular weight excluding hydrogens is 324 g/mol. The summed E-state index contributed by atoms with van der Waals surface area (Å²) in [6.45, 7) is 6.39. The van der Waals surface area contributed by atoms with Crippen LogP contribution in [0.15, 0.2) is 30.6 Å². The molecule has 0 spiro atoms. The van der Waals surface area contributed by atoms with Crippen LogP contribution in [0.3, 0.4) is 0 Å². The lowest BCUT2D eigenvalue weighted by Crippen LogP contribution is -2.22. The van der Waals surface area contributed by atoms with Crippen molar-refractivity contribution in [1.29, 1.82) is 0 Å². The molecule has 0 fully saturated rings. The molecule has 2 rings (SSSR count). The molecule has 0 bridgehead atoms. The molecule has 134 valence electrons. The quantitative estimate of drug-likeness (QED) is 0.574. The molecule has 1 aromatic carbocycles. The van der Waals surface area contributed by atoms with Crippen molar-refractivity contribution in [3.8, 4) is 11.6 Å². The van der Waals surface area contributed by atoms with Crippen LogP contribution in [0.1, 0.15) is 32.3 Å². The summed E-state index contributed by atoms with van der Waals surface area (Å²) in [6, 6.07) is 7.22. The van der Waals surface area contributed by atoms with E-state index in [9.17, 15) is 10.1 Å². The number of rotatable bonds is 8. The highest BCUT2D eigenvalue weighted by Crippen LogP contribution is 2.34. The van der Waals surface area contributed by atoms with E-state index < -0.39 is 4.92 Å². The maximum absolute atomic E-state index is 11.5. The van der Waals surface area contributed by atoms with Gasteiger partial charge in [-0.2, -0.15) is 4.98 Å². The summed E-state index contributed by atoms with van der Waals surface area (Å²) < 4.78 is 10.6. The van der Waals surface area contributed by atoms with Gasteiger partial charge in [-0.3, -0.25) is 10.1 Å². The lowest BCUT2D eigenvalue weighted by molar-refractivity contribution is -0.385. The Balaban J connectivity index is 2.29. The first-order valence-electron chi connectivity index (χ1n) is 7.95. The molecule has 1 atom stereocenters. The van der Waals surface area contributed by atoms with Gasteiger partial charge in [-0.1, -0.05) is 26.0 Å². The van der Waals surface area contributed by atoms with Gasteiger partial charge in [0.05, 0.1) is 11.5 Å². The standard InChI is InChI=1S/C17H22N4O4/c1-11(2)13-5-7-14(8-6-13)25-17-15(21(22)23)16(18-10-19-17)20-12(3)9-24-4/h5-8,10-12H,9H2,1-4H3,(H,18,19,20). The van der Waals surface area contributed by atoms with E-state index in [-0.39, 0.29) is 23.4 Å². The molecule has 1 N–H and O–H groups in total. The fraction of sp³-hybridized carbons (Fsp3) is 0.412. The first kappa shape index (κ1) is 18.6. The van der Waals surface area contributed by atoms with Gasteiger partial charge < -0.3 is 14.8 Å². The van der Waals surface area contributed by atoms with E-state index in [4.69, 9.17) is 9.47 Å². The van der Waals surface area contributed by atoms with Gasteiger partial charge in [-0.15, -0.1) is 0 Å². The summed E-state index contributed by atoms with van der Waals surface area (Å²) in [4.78, 5) is 18.8. The Hall–Kier alpha value is -2.74. The van der Waals surface area contributed by atoms with Crippen LogP contribution in [0.4, 0.5) is 11.5 Å². The van der Waals surface area contributed by atoms with Crippen molar-refractivity contribution in [3.05, 3.63) is 46.3 Å². The predicted octanol–water partition coefficient (Wildman–Crippen LogP) is 3.75. The van der Waals surface area contributed by atoms with Crippen molar-refractivity contribution in [2.75, 3.05) is 19.0 Å². The minimum Gasteiger partial charge on any atom is -0.434 e. The molecule has 0 aliphatic carbocycles. The van der Waals surface area contributed by atoms with Crippen LogP contribution in [0.25, 0.3) is 0 Å². The van der Waals surface area contributed by atoms with E-state index in [1.165, 1.54) is 6.33 Å². The van der Waals surface area contributed by atoms with Crippen LogP contribution >= 0.6 is 0 Å². The summed E-state index contributed by atoms with van der Waals surface area (Å²) in [5, 5.41) is 14.4. The zero-order valence-corrected chi connectivity index (χ0v) is 14.7. The normalized spacial score (nSPS) is 12.0. The molecular formula is C17H22N4O4. The van der Waals surface area contributed by atoms with Crippen LogP contribution in [0.5, 0.6) is 11.6 Å². The average molecular weight is 346 g/mol. The molecule has 1 heterocycles. The highest BCUT2D eigenvalue weighted by Gasteiger charge is 2.26. The minimum absolute atomic E-state index is 0.0957. The lowest BCUT2D eigenvalue weighted by atomic mass is 10.0. The number of methoxy groups -OCH3 is 1. The summed E-state index contributed by atoms with van der Waals surface area (Å²) >= 11 is 0. The van der Waals surface area contributed by atoms with Crippen molar-refractivity contribution < 1.29 is 14.4 Å². The Morgan fingerprint density at radius 3 is 2.44 bits per heavy atom. The number of hydrogen-bond acceptors (Lipinski definition) is 7. The SMILES string of the molecule is COCC(C)Nc1ncnc(Oc2ccc(C(C)C)cc2)c1[N+](=O)[O-]. The molecule has 0 amide bonds. The monoisotopic (exact) mass is 346 g/mol. The fourth-order valence-electron chi connectivity index (χ4n) is 2.26. The minimum atomic E-state index is -0.556. The molecule has 0 saturated heterocycles. The number of benzene rings is 1. The molecule has 25 heavy (non-hydrogen) atoms. The van der Waals surface area contributed by atoms with Crippen molar-refractivity contribution in [3.63, 3.8) is 0 Å². The zero-order chi connectivity index (χ0) is 18.4.